The Morgan fingerprint density at radius 3 is 2.77 bits per heavy atom. The molecule has 0 radical (unpaired) electrons. The van der Waals surface area contributed by atoms with Crippen LogP contribution >= 0.6 is 24.0 Å². The zero-order chi connectivity index (χ0) is 17.6. The number of methoxy groups -OCH3 is 1. The lowest BCUT2D eigenvalue weighted by molar-refractivity contribution is 0.0822. The highest BCUT2D eigenvalue weighted by Crippen LogP contribution is 2.35. The number of aliphatic imine (C=N–C) groups is 1. The van der Waals surface area contributed by atoms with Crippen molar-refractivity contribution in [3.63, 3.8) is 0 Å². The lowest BCUT2D eigenvalue weighted by Gasteiger charge is -2.25. The summed E-state index contributed by atoms with van der Waals surface area (Å²) in [5, 5.41) is 6.83. The van der Waals surface area contributed by atoms with Crippen LogP contribution in [-0.4, -0.2) is 45.0 Å². The van der Waals surface area contributed by atoms with E-state index in [1.165, 1.54) is 5.56 Å². The molecule has 0 aromatic heterocycles. The molecule has 1 aromatic carbocycles. The van der Waals surface area contributed by atoms with Gasteiger partial charge in [0.1, 0.15) is 17.6 Å². The Balaban J connectivity index is 0.00000243. The summed E-state index contributed by atoms with van der Waals surface area (Å²) in [4.78, 5) is 4.75. The van der Waals surface area contributed by atoms with Crippen molar-refractivity contribution in [3.05, 3.63) is 23.3 Å². The number of benzene rings is 1. The molecule has 1 atom stereocenters. The summed E-state index contributed by atoms with van der Waals surface area (Å²) in [5.74, 6) is 2.68. The van der Waals surface area contributed by atoms with Crippen molar-refractivity contribution in [2.45, 2.75) is 51.8 Å². The van der Waals surface area contributed by atoms with Gasteiger partial charge in [0.25, 0.3) is 0 Å². The van der Waals surface area contributed by atoms with E-state index in [2.05, 4.69) is 36.6 Å². The van der Waals surface area contributed by atoms with Crippen molar-refractivity contribution in [3.8, 4) is 11.5 Å². The van der Waals surface area contributed by atoms with Gasteiger partial charge in [-0.05, 0) is 38.8 Å². The Morgan fingerprint density at radius 2 is 2.08 bits per heavy atom. The summed E-state index contributed by atoms with van der Waals surface area (Å²) in [7, 11) is 1.71. The van der Waals surface area contributed by atoms with Gasteiger partial charge in [-0.15, -0.1) is 24.0 Å². The molecular weight excluding hydrogens is 445 g/mol. The minimum Gasteiger partial charge on any atom is -0.496 e. The Kier molecular flexibility index (Phi) is 8.27. The molecule has 0 bridgehead atoms. The third kappa shape index (κ3) is 5.39. The van der Waals surface area contributed by atoms with Crippen molar-refractivity contribution in [1.29, 1.82) is 0 Å². The van der Waals surface area contributed by atoms with Crippen LogP contribution in [0.1, 0.15) is 37.8 Å². The highest BCUT2D eigenvalue weighted by molar-refractivity contribution is 14.0. The number of fused-ring (bicyclic) bond motifs is 1. The molecule has 2 aliphatic rings. The second kappa shape index (κ2) is 10.2. The standard InChI is InChI=1S/C19H29N3O3.HI/c1-4-20-19(22-16-5-7-24-8-6-16)21-12-15-11-18-14(9-13(2)25-18)10-17(15)23-3;/h10-11,13,16H,4-9,12H2,1-3H3,(H2,20,21,22);1H. The van der Waals surface area contributed by atoms with E-state index in [1.807, 2.05) is 0 Å². The van der Waals surface area contributed by atoms with Gasteiger partial charge in [0.15, 0.2) is 5.96 Å². The van der Waals surface area contributed by atoms with Crippen LogP contribution in [0.3, 0.4) is 0 Å². The molecule has 1 saturated heterocycles. The van der Waals surface area contributed by atoms with Gasteiger partial charge >= 0.3 is 0 Å². The van der Waals surface area contributed by atoms with E-state index in [1.54, 1.807) is 7.11 Å². The molecule has 2 aliphatic heterocycles. The van der Waals surface area contributed by atoms with Crippen molar-refractivity contribution in [1.82, 2.24) is 10.6 Å². The number of halogens is 1. The van der Waals surface area contributed by atoms with Gasteiger partial charge in [-0.3, -0.25) is 0 Å². The van der Waals surface area contributed by atoms with Crippen LogP contribution in [0.25, 0.3) is 0 Å². The molecule has 6 nitrogen and oxygen atoms in total. The van der Waals surface area contributed by atoms with Gasteiger partial charge in [0, 0.05) is 43.3 Å². The molecule has 2 N–H and O–H groups in total. The Morgan fingerprint density at radius 1 is 1.31 bits per heavy atom. The zero-order valence-electron chi connectivity index (χ0n) is 15.8. The number of rotatable bonds is 5. The van der Waals surface area contributed by atoms with Crippen LogP contribution in [0.5, 0.6) is 11.5 Å². The van der Waals surface area contributed by atoms with Gasteiger partial charge in [-0.25, -0.2) is 4.99 Å². The largest absolute Gasteiger partial charge is 0.496 e. The maximum absolute atomic E-state index is 5.87. The Labute approximate surface area is 173 Å². The third-order valence-corrected chi connectivity index (χ3v) is 4.61. The topological polar surface area (TPSA) is 64.1 Å². The molecule has 0 saturated carbocycles. The predicted octanol–water partition coefficient (Wildman–Crippen LogP) is 2.87. The Bertz CT molecular complexity index is 618. The first-order valence-corrected chi connectivity index (χ1v) is 9.18. The summed E-state index contributed by atoms with van der Waals surface area (Å²) in [6.07, 6.45) is 3.19. The van der Waals surface area contributed by atoms with E-state index < -0.39 is 0 Å². The molecule has 1 aromatic rings. The normalized spacial score (nSPS) is 20.0. The third-order valence-electron chi connectivity index (χ3n) is 4.61. The predicted molar refractivity (Wildman–Crippen MR) is 114 cm³/mol. The average Bonchev–Trinajstić information content (AvgIpc) is 2.98. The van der Waals surface area contributed by atoms with Crippen LogP contribution in [0, 0.1) is 0 Å². The molecule has 1 unspecified atom stereocenters. The van der Waals surface area contributed by atoms with E-state index in [0.717, 1.165) is 62.0 Å². The lowest BCUT2D eigenvalue weighted by atomic mass is 10.1. The Hall–Kier alpha value is -1.22. The van der Waals surface area contributed by atoms with Crippen LogP contribution in [0.15, 0.2) is 17.1 Å². The number of nitrogens with zero attached hydrogens (tertiary/aromatic N) is 1. The second-order valence-corrected chi connectivity index (χ2v) is 6.63. The monoisotopic (exact) mass is 475 g/mol. The minimum atomic E-state index is 0. The van der Waals surface area contributed by atoms with Gasteiger partial charge < -0.3 is 24.8 Å². The SMILES string of the molecule is CCNC(=NCc1cc2c(cc1OC)CC(C)O2)NC1CCOCC1.I. The second-order valence-electron chi connectivity index (χ2n) is 6.63. The highest BCUT2D eigenvalue weighted by atomic mass is 127. The van der Waals surface area contributed by atoms with Crippen LogP contribution in [-0.2, 0) is 17.7 Å². The number of guanidine groups is 1. The van der Waals surface area contributed by atoms with E-state index in [-0.39, 0.29) is 30.1 Å². The molecule has 3 rings (SSSR count). The molecule has 146 valence electrons. The molecule has 7 heteroatoms. The first kappa shape index (κ1) is 21.1. The summed E-state index contributed by atoms with van der Waals surface area (Å²) >= 11 is 0. The first-order valence-electron chi connectivity index (χ1n) is 9.18. The summed E-state index contributed by atoms with van der Waals surface area (Å²) in [6, 6.07) is 4.57. The van der Waals surface area contributed by atoms with Gasteiger partial charge in [-0.1, -0.05) is 0 Å². The first-order chi connectivity index (χ1) is 12.2. The lowest BCUT2D eigenvalue weighted by Crippen LogP contribution is -2.45. The van der Waals surface area contributed by atoms with Gasteiger partial charge in [0.05, 0.1) is 13.7 Å². The average molecular weight is 475 g/mol. The fourth-order valence-electron chi connectivity index (χ4n) is 3.31. The van der Waals surface area contributed by atoms with Crippen LogP contribution in [0.4, 0.5) is 0 Å². The molecule has 1 fully saturated rings. The van der Waals surface area contributed by atoms with E-state index in [9.17, 15) is 0 Å². The minimum absolute atomic E-state index is 0. The number of hydrogen-bond donors (Lipinski definition) is 2. The number of ether oxygens (including phenoxy) is 3. The smallest absolute Gasteiger partial charge is 0.191 e. The van der Waals surface area contributed by atoms with Gasteiger partial charge in [0.2, 0.25) is 0 Å². The molecule has 0 spiro atoms. The van der Waals surface area contributed by atoms with Crippen molar-refractivity contribution < 1.29 is 14.2 Å². The van der Waals surface area contributed by atoms with Crippen LogP contribution < -0.4 is 20.1 Å². The fourth-order valence-corrected chi connectivity index (χ4v) is 3.31. The molecule has 2 heterocycles. The van der Waals surface area contributed by atoms with Gasteiger partial charge in [-0.2, -0.15) is 0 Å². The number of hydrogen-bond acceptors (Lipinski definition) is 4. The van der Waals surface area contributed by atoms with E-state index >= 15 is 0 Å². The summed E-state index contributed by atoms with van der Waals surface area (Å²) in [5.41, 5.74) is 2.25. The molecule has 0 amide bonds. The maximum atomic E-state index is 5.87. The fraction of sp³-hybridized carbons (Fsp3) is 0.632. The molecular formula is C19H30IN3O3. The van der Waals surface area contributed by atoms with Crippen LogP contribution in [0.2, 0.25) is 0 Å². The number of nitrogens with one attached hydrogen (secondary N) is 2. The van der Waals surface area contributed by atoms with Crippen molar-refractivity contribution in [2.24, 2.45) is 4.99 Å². The maximum Gasteiger partial charge on any atom is 0.191 e. The summed E-state index contributed by atoms with van der Waals surface area (Å²) < 4.78 is 16.9. The van der Waals surface area contributed by atoms with Crippen molar-refractivity contribution in [2.75, 3.05) is 26.9 Å². The highest BCUT2D eigenvalue weighted by Gasteiger charge is 2.22. The summed E-state index contributed by atoms with van der Waals surface area (Å²) in [6.45, 7) is 7.16. The quantitative estimate of drug-likeness (QED) is 0.390. The van der Waals surface area contributed by atoms with E-state index in [4.69, 9.17) is 19.2 Å². The molecule has 26 heavy (non-hydrogen) atoms. The zero-order valence-corrected chi connectivity index (χ0v) is 18.2. The molecule has 0 aliphatic carbocycles. The van der Waals surface area contributed by atoms with Crippen molar-refractivity contribution >= 4 is 29.9 Å². The van der Waals surface area contributed by atoms with E-state index in [0.29, 0.717) is 12.6 Å².